The van der Waals surface area contributed by atoms with Crippen LogP contribution in [0.15, 0.2) is 72.8 Å². The molecule has 194 valence electrons. The second kappa shape index (κ2) is 11.8. The van der Waals surface area contributed by atoms with E-state index in [9.17, 15) is 14.0 Å². The van der Waals surface area contributed by atoms with Crippen molar-refractivity contribution in [1.29, 1.82) is 0 Å². The van der Waals surface area contributed by atoms with Crippen molar-refractivity contribution in [1.82, 2.24) is 10.2 Å². The standard InChI is InChI=1S/C29H31ClFN3O3/c1-19-15-25(37-24-7-5-4-6-8-24)13-14-26(19)34(27(35)16-30)28(22-9-11-23(31)12-10-22)29(36)33-17-20(2)32-21(3)18-33/h4-15,20-21,28,32H,16-18H2,1-3H3/t20-,21?,28?/m1/s1. The summed E-state index contributed by atoms with van der Waals surface area (Å²) >= 11 is 6.07. The van der Waals surface area contributed by atoms with Gasteiger partial charge in [0.1, 0.15) is 29.2 Å². The van der Waals surface area contributed by atoms with Gasteiger partial charge in [0.2, 0.25) is 5.91 Å². The number of amides is 2. The van der Waals surface area contributed by atoms with Crippen LogP contribution in [0.25, 0.3) is 0 Å². The number of nitrogens with zero attached hydrogens (tertiary/aromatic N) is 2. The van der Waals surface area contributed by atoms with E-state index in [4.69, 9.17) is 16.3 Å². The van der Waals surface area contributed by atoms with Crippen molar-refractivity contribution >= 4 is 29.1 Å². The predicted octanol–water partition coefficient (Wildman–Crippen LogP) is 5.45. The summed E-state index contributed by atoms with van der Waals surface area (Å²) in [6.45, 7) is 6.86. The van der Waals surface area contributed by atoms with E-state index in [-0.39, 0.29) is 23.9 Å². The normalized spacial score (nSPS) is 18.2. The van der Waals surface area contributed by atoms with Crippen LogP contribution in [0.2, 0.25) is 0 Å². The van der Waals surface area contributed by atoms with Gasteiger partial charge in [-0.2, -0.15) is 0 Å². The summed E-state index contributed by atoms with van der Waals surface area (Å²) in [5.41, 5.74) is 1.77. The molecule has 1 heterocycles. The van der Waals surface area contributed by atoms with Gasteiger partial charge in [-0.25, -0.2) is 4.39 Å². The van der Waals surface area contributed by atoms with Crippen LogP contribution in [-0.4, -0.2) is 47.8 Å². The van der Waals surface area contributed by atoms with Gasteiger partial charge in [-0.05, 0) is 74.4 Å². The molecule has 1 saturated heterocycles. The van der Waals surface area contributed by atoms with Crippen molar-refractivity contribution in [3.05, 3.63) is 89.7 Å². The monoisotopic (exact) mass is 523 g/mol. The lowest BCUT2D eigenvalue weighted by Crippen LogP contribution is -2.58. The zero-order chi connectivity index (χ0) is 26.5. The molecule has 2 amide bonds. The Bertz CT molecular complexity index is 1230. The number of carbonyl (C=O) groups is 2. The lowest BCUT2D eigenvalue weighted by molar-refractivity contribution is -0.136. The smallest absolute Gasteiger partial charge is 0.250 e. The first-order valence-electron chi connectivity index (χ1n) is 12.3. The summed E-state index contributed by atoms with van der Waals surface area (Å²) in [5.74, 6) is -0.131. The molecule has 0 aromatic heterocycles. The molecule has 0 bridgehead atoms. The van der Waals surface area contributed by atoms with Gasteiger partial charge in [-0.1, -0.05) is 30.3 Å². The van der Waals surface area contributed by atoms with Gasteiger partial charge < -0.3 is 15.0 Å². The molecule has 4 rings (SSSR count). The van der Waals surface area contributed by atoms with Gasteiger partial charge in [0.05, 0.1) is 0 Å². The highest BCUT2D eigenvalue weighted by Gasteiger charge is 2.38. The predicted molar refractivity (Wildman–Crippen MR) is 144 cm³/mol. The van der Waals surface area contributed by atoms with Crippen molar-refractivity contribution in [3.63, 3.8) is 0 Å². The largest absolute Gasteiger partial charge is 0.457 e. The number of nitrogens with one attached hydrogen (secondary N) is 1. The number of para-hydroxylation sites is 1. The van der Waals surface area contributed by atoms with E-state index in [1.54, 1.807) is 29.2 Å². The quantitative estimate of drug-likeness (QED) is 0.418. The number of alkyl halides is 1. The van der Waals surface area contributed by atoms with Gasteiger partial charge >= 0.3 is 0 Å². The Kier molecular flexibility index (Phi) is 8.46. The topological polar surface area (TPSA) is 61.9 Å². The number of hydrogen-bond acceptors (Lipinski definition) is 4. The van der Waals surface area contributed by atoms with Crippen LogP contribution in [0.1, 0.15) is 31.0 Å². The lowest BCUT2D eigenvalue weighted by Gasteiger charge is -2.40. The SMILES string of the molecule is Cc1cc(Oc2ccccc2)ccc1N(C(=O)CCl)C(C(=O)N1CC(C)N[C@H](C)C1)c1ccc(F)cc1. The van der Waals surface area contributed by atoms with E-state index in [1.165, 1.54) is 17.0 Å². The fraction of sp³-hybridized carbons (Fsp3) is 0.310. The number of anilines is 1. The van der Waals surface area contributed by atoms with Crippen LogP contribution in [0.4, 0.5) is 10.1 Å². The highest BCUT2D eigenvalue weighted by atomic mass is 35.5. The van der Waals surface area contributed by atoms with Crippen LogP contribution in [0.5, 0.6) is 11.5 Å². The average Bonchev–Trinajstić information content (AvgIpc) is 2.88. The molecule has 2 unspecified atom stereocenters. The zero-order valence-corrected chi connectivity index (χ0v) is 21.9. The molecule has 0 radical (unpaired) electrons. The van der Waals surface area contributed by atoms with Crippen molar-refractivity contribution in [2.75, 3.05) is 23.9 Å². The molecule has 8 heteroatoms. The van der Waals surface area contributed by atoms with Crippen molar-refractivity contribution in [2.24, 2.45) is 0 Å². The fourth-order valence-electron chi connectivity index (χ4n) is 4.80. The number of carbonyl (C=O) groups excluding carboxylic acids is 2. The Morgan fingerprint density at radius 2 is 1.68 bits per heavy atom. The molecule has 0 spiro atoms. The Balaban J connectivity index is 1.76. The van der Waals surface area contributed by atoms with E-state index in [2.05, 4.69) is 5.32 Å². The van der Waals surface area contributed by atoms with Crippen LogP contribution >= 0.6 is 11.6 Å². The van der Waals surface area contributed by atoms with Crippen LogP contribution in [0.3, 0.4) is 0 Å². The van der Waals surface area contributed by atoms with Crippen LogP contribution < -0.4 is 15.0 Å². The Hall–Kier alpha value is -3.42. The highest BCUT2D eigenvalue weighted by Crippen LogP contribution is 2.35. The van der Waals surface area contributed by atoms with Crippen molar-refractivity contribution < 1.29 is 18.7 Å². The first kappa shape index (κ1) is 26.6. The van der Waals surface area contributed by atoms with Crippen molar-refractivity contribution in [3.8, 4) is 11.5 Å². The number of rotatable bonds is 7. The maximum Gasteiger partial charge on any atom is 0.250 e. The highest BCUT2D eigenvalue weighted by molar-refractivity contribution is 6.30. The number of halogens is 2. The molecule has 3 atom stereocenters. The second-order valence-electron chi connectivity index (χ2n) is 9.43. The Morgan fingerprint density at radius 3 is 2.27 bits per heavy atom. The van der Waals surface area contributed by atoms with Gasteiger partial charge in [0.25, 0.3) is 5.91 Å². The van der Waals surface area contributed by atoms with Crippen LogP contribution in [0, 0.1) is 12.7 Å². The summed E-state index contributed by atoms with van der Waals surface area (Å²) in [6.07, 6.45) is 0. The third-order valence-corrected chi connectivity index (χ3v) is 6.57. The molecule has 37 heavy (non-hydrogen) atoms. The zero-order valence-electron chi connectivity index (χ0n) is 21.2. The Labute approximate surface area is 222 Å². The van der Waals surface area contributed by atoms with E-state index < -0.39 is 17.8 Å². The Morgan fingerprint density at radius 1 is 1.03 bits per heavy atom. The molecule has 0 saturated carbocycles. The van der Waals surface area contributed by atoms with E-state index in [0.717, 1.165) is 5.56 Å². The molecule has 1 fully saturated rings. The van der Waals surface area contributed by atoms with Crippen LogP contribution in [-0.2, 0) is 9.59 Å². The molecule has 3 aromatic carbocycles. The number of hydrogen-bond donors (Lipinski definition) is 1. The summed E-state index contributed by atoms with van der Waals surface area (Å²) in [6, 6.07) is 19.6. The molecule has 1 aliphatic heterocycles. The molecule has 1 N–H and O–H groups in total. The molecule has 3 aromatic rings. The molecule has 1 aliphatic rings. The number of benzene rings is 3. The first-order chi connectivity index (χ1) is 17.8. The van der Waals surface area contributed by atoms with Gasteiger partial charge in [0, 0.05) is 30.9 Å². The van der Waals surface area contributed by atoms with E-state index >= 15 is 0 Å². The average molecular weight is 524 g/mol. The maximum atomic E-state index is 14.1. The van der Waals surface area contributed by atoms with Gasteiger partial charge in [-0.3, -0.25) is 14.5 Å². The van der Waals surface area contributed by atoms with E-state index in [1.807, 2.05) is 57.2 Å². The number of aryl methyl sites for hydroxylation is 1. The van der Waals surface area contributed by atoms with Crippen molar-refractivity contribution in [2.45, 2.75) is 38.9 Å². The van der Waals surface area contributed by atoms with Gasteiger partial charge in [-0.15, -0.1) is 11.6 Å². The molecular weight excluding hydrogens is 493 g/mol. The lowest BCUT2D eigenvalue weighted by atomic mass is 9.99. The number of piperazine rings is 1. The summed E-state index contributed by atoms with van der Waals surface area (Å²) in [4.78, 5) is 30.6. The molecule has 0 aliphatic carbocycles. The second-order valence-corrected chi connectivity index (χ2v) is 9.69. The summed E-state index contributed by atoms with van der Waals surface area (Å²) in [5, 5.41) is 3.42. The number of ether oxygens (including phenoxy) is 1. The fourth-order valence-corrected chi connectivity index (χ4v) is 4.92. The molecule has 6 nitrogen and oxygen atoms in total. The minimum absolute atomic E-state index is 0.0925. The summed E-state index contributed by atoms with van der Waals surface area (Å²) < 4.78 is 19.8. The minimum Gasteiger partial charge on any atom is -0.457 e. The third kappa shape index (κ3) is 6.29. The van der Waals surface area contributed by atoms with E-state index in [0.29, 0.717) is 35.8 Å². The maximum absolute atomic E-state index is 14.1. The molecular formula is C29H31ClFN3O3. The minimum atomic E-state index is -1.01. The van der Waals surface area contributed by atoms with Gasteiger partial charge in [0.15, 0.2) is 0 Å². The third-order valence-electron chi connectivity index (χ3n) is 6.34. The summed E-state index contributed by atoms with van der Waals surface area (Å²) in [7, 11) is 0. The first-order valence-corrected chi connectivity index (χ1v) is 12.8.